The fourth-order valence-electron chi connectivity index (χ4n) is 10.4. The van der Waals surface area contributed by atoms with E-state index in [-0.39, 0.29) is 5.41 Å². The molecule has 0 saturated carbocycles. The van der Waals surface area contributed by atoms with E-state index in [4.69, 9.17) is 9.72 Å². The lowest BCUT2D eigenvalue weighted by Crippen LogP contribution is -2.24. The predicted octanol–water partition coefficient (Wildman–Crippen LogP) is 16.3. The van der Waals surface area contributed by atoms with E-state index in [1.54, 1.807) is 0 Å². The summed E-state index contributed by atoms with van der Waals surface area (Å²) in [6.45, 7) is 7.49. The van der Waals surface area contributed by atoms with Crippen LogP contribution in [0.2, 0.25) is 0 Å². The average molecular weight is 837 g/mol. The van der Waals surface area contributed by atoms with Crippen LogP contribution in [0.15, 0.2) is 200 Å². The summed E-state index contributed by atoms with van der Waals surface area (Å²) in [5, 5.41) is 13.1. The highest BCUT2D eigenvalue weighted by Crippen LogP contribution is 2.47. The minimum Gasteiger partial charge on any atom is -0.457 e. The first-order valence-electron chi connectivity index (χ1n) is 22.5. The lowest BCUT2D eigenvalue weighted by Gasteiger charge is -2.26. The second-order valence-corrected chi connectivity index (χ2v) is 18.4. The molecule has 1 aliphatic heterocycles. The van der Waals surface area contributed by atoms with Crippen molar-refractivity contribution >= 4 is 98.5 Å². The van der Waals surface area contributed by atoms with Gasteiger partial charge >= 0.3 is 0 Å². The second-order valence-electron chi connectivity index (χ2n) is 18.4. The van der Waals surface area contributed by atoms with E-state index in [0.717, 1.165) is 50.3 Å². The van der Waals surface area contributed by atoms with Gasteiger partial charge in [0, 0.05) is 50.4 Å². The van der Waals surface area contributed by atoms with Crippen LogP contribution in [-0.4, -0.2) is 16.2 Å². The molecule has 0 atom stereocenters. The molecule has 0 radical (unpaired) electrons. The Balaban J connectivity index is 1.01. The van der Waals surface area contributed by atoms with Gasteiger partial charge in [0.15, 0.2) is 0 Å². The number of benzene rings is 10. The maximum atomic E-state index is 7.04. The predicted molar refractivity (Wildman–Crippen MR) is 273 cm³/mol. The molecule has 310 valence electrons. The minimum absolute atomic E-state index is 0.118. The van der Waals surface area contributed by atoms with Gasteiger partial charge in [0.25, 0.3) is 0 Å². The van der Waals surface area contributed by atoms with E-state index in [9.17, 15) is 0 Å². The molecule has 13 rings (SSSR count). The summed E-state index contributed by atoms with van der Waals surface area (Å²) in [6, 6.07) is 72.2. The summed E-state index contributed by atoms with van der Waals surface area (Å²) in [7, 11) is 0. The van der Waals surface area contributed by atoms with Crippen molar-refractivity contribution in [2.75, 3.05) is 16.5 Å². The normalized spacial score (nSPS) is 13.0. The van der Waals surface area contributed by atoms with Crippen LogP contribution in [0.25, 0.3) is 81.6 Å². The van der Waals surface area contributed by atoms with Gasteiger partial charge in [-0.2, -0.15) is 0 Å². The molecule has 0 bridgehead atoms. The van der Waals surface area contributed by atoms with Gasteiger partial charge in [-0.1, -0.05) is 142 Å². The Labute approximate surface area is 377 Å². The molecule has 2 aromatic heterocycles. The third kappa shape index (κ3) is 5.89. The highest BCUT2D eigenvalue weighted by atomic mass is 16.5. The quantitative estimate of drug-likeness (QED) is 0.162. The summed E-state index contributed by atoms with van der Waals surface area (Å²) >= 11 is 0. The molecule has 0 fully saturated rings. The molecule has 0 amide bonds. The van der Waals surface area contributed by atoms with Crippen molar-refractivity contribution in [3.05, 3.63) is 206 Å². The van der Waals surface area contributed by atoms with Crippen molar-refractivity contribution < 1.29 is 4.74 Å². The zero-order chi connectivity index (χ0) is 43.4. The Morgan fingerprint density at radius 1 is 0.431 bits per heavy atom. The molecule has 65 heavy (non-hydrogen) atoms. The van der Waals surface area contributed by atoms with Gasteiger partial charge in [-0.15, -0.1) is 0 Å². The Morgan fingerprint density at radius 2 is 1.03 bits per heavy atom. The van der Waals surface area contributed by atoms with Crippen molar-refractivity contribution in [3.63, 3.8) is 0 Å². The number of para-hydroxylation sites is 4. The molecule has 10 aromatic carbocycles. The van der Waals surface area contributed by atoms with Crippen molar-refractivity contribution in [2.24, 2.45) is 0 Å². The molecule has 1 aliphatic rings. The van der Waals surface area contributed by atoms with Crippen LogP contribution < -0.4 is 14.5 Å². The average Bonchev–Trinajstić information content (AvgIpc) is 3.89. The van der Waals surface area contributed by atoms with Crippen LogP contribution >= 0.6 is 0 Å². The topological polar surface area (TPSA) is 33.5 Å². The van der Waals surface area contributed by atoms with E-state index < -0.39 is 0 Å². The summed E-state index contributed by atoms with van der Waals surface area (Å²) in [5.74, 6) is 2.46. The van der Waals surface area contributed by atoms with Gasteiger partial charge in [-0.05, 0) is 110 Å². The number of fused-ring (bicyclic) bond motifs is 13. The van der Waals surface area contributed by atoms with Crippen molar-refractivity contribution in [3.8, 4) is 17.3 Å². The number of ether oxygens (including phenoxy) is 1. The number of aromatic nitrogens is 2. The van der Waals surface area contributed by atoms with Crippen molar-refractivity contribution in [1.82, 2.24) is 9.55 Å². The SMILES string of the molecule is CC(C)(C)c1cc(Oc2ccc3c4ccccc4n(-c4nc5ccc6ccc7ccccc7c6c5c5c4ccc4ccccc45)c3c2)cc(N2CN(c3ccccc3)c3ccccc32)c1. The van der Waals surface area contributed by atoms with Gasteiger partial charge in [-0.3, -0.25) is 4.57 Å². The molecule has 12 aromatic rings. The number of hydrogen-bond acceptors (Lipinski definition) is 4. The largest absolute Gasteiger partial charge is 0.457 e. The lowest BCUT2D eigenvalue weighted by atomic mass is 9.86. The molecule has 0 N–H and O–H groups in total. The van der Waals surface area contributed by atoms with Crippen LogP contribution in [0.1, 0.15) is 26.3 Å². The third-order valence-corrected chi connectivity index (χ3v) is 13.5. The number of rotatable bonds is 5. The molecular weight excluding hydrogens is 793 g/mol. The fourth-order valence-corrected chi connectivity index (χ4v) is 10.4. The molecule has 5 nitrogen and oxygen atoms in total. The van der Waals surface area contributed by atoms with Crippen LogP contribution in [0, 0.1) is 0 Å². The van der Waals surface area contributed by atoms with E-state index in [0.29, 0.717) is 6.67 Å². The fraction of sp³-hybridized carbons (Fsp3) is 0.0833. The molecule has 0 unspecified atom stereocenters. The molecule has 0 aliphatic carbocycles. The first kappa shape index (κ1) is 37.4. The third-order valence-electron chi connectivity index (χ3n) is 13.5. The standard InChI is InChI=1S/C60H44N4O/c1-60(2,3)41-33-43(63-37-62(42-17-5-4-6-18-42)53-23-13-14-24-54(53)63)35-45(34-41)65-44-29-31-49-48-21-11-12-22-52(48)64(55(49)36-44)59-50-30-27-39-16-8-10-20-47(39)57(50)58-51(61-59)32-28-40-26-25-38-15-7-9-19-46(38)56(40)58/h4-36H,37H2,1-3H3. The summed E-state index contributed by atoms with van der Waals surface area (Å²) in [4.78, 5) is 10.5. The first-order chi connectivity index (χ1) is 31.9. The number of nitrogens with zero attached hydrogens (tertiary/aromatic N) is 4. The number of hydrogen-bond donors (Lipinski definition) is 0. The van der Waals surface area contributed by atoms with Crippen LogP contribution in [0.3, 0.4) is 0 Å². The zero-order valence-corrected chi connectivity index (χ0v) is 36.5. The van der Waals surface area contributed by atoms with Gasteiger partial charge in [-0.25, -0.2) is 4.98 Å². The van der Waals surface area contributed by atoms with Crippen LogP contribution in [0.4, 0.5) is 22.7 Å². The van der Waals surface area contributed by atoms with Crippen LogP contribution in [-0.2, 0) is 5.41 Å². The van der Waals surface area contributed by atoms with E-state index in [2.05, 4.69) is 235 Å². The summed E-state index contributed by atoms with van der Waals surface area (Å²) < 4.78 is 9.40. The monoisotopic (exact) mass is 836 g/mol. The maximum Gasteiger partial charge on any atom is 0.146 e. The van der Waals surface area contributed by atoms with Crippen molar-refractivity contribution in [2.45, 2.75) is 26.2 Å². The second kappa shape index (κ2) is 14.2. The van der Waals surface area contributed by atoms with Gasteiger partial charge in [0.2, 0.25) is 0 Å². The van der Waals surface area contributed by atoms with Gasteiger partial charge < -0.3 is 14.5 Å². The Hall–Kier alpha value is -8.15. The molecule has 5 heteroatoms. The lowest BCUT2D eigenvalue weighted by molar-refractivity contribution is 0.479. The van der Waals surface area contributed by atoms with E-state index >= 15 is 0 Å². The van der Waals surface area contributed by atoms with E-state index in [1.165, 1.54) is 71.1 Å². The van der Waals surface area contributed by atoms with Crippen molar-refractivity contribution in [1.29, 1.82) is 0 Å². The smallest absolute Gasteiger partial charge is 0.146 e. The highest BCUT2D eigenvalue weighted by molar-refractivity contribution is 6.32. The summed E-state index contributed by atoms with van der Waals surface area (Å²) in [6.07, 6.45) is 0. The maximum absolute atomic E-state index is 7.04. The van der Waals surface area contributed by atoms with Crippen LogP contribution in [0.5, 0.6) is 11.5 Å². The van der Waals surface area contributed by atoms with E-state index in [1.807, 2.05) is 0 Å². The molecule has 0 saturated heterocycles. The number of pyridine rings is 1. The highest BCUT2D eigenvalue weighted by Gasteiger charge is 2.29. The van der Waals surface area contributed by atoms with Gasteiger partial charge in [0.1, 0.15) is 24.0 Å². The molecule has 3 heterocycles. The Kier molecular flexibility index (Phi) is 8.16. The Bertz CT molecular complexity index is 3900. The molecule has 0 spiro atoms. The summed E-state index contributed by atoms with van der Waals surface area (Å²) in [5.41, 5.74) is 8.80. The Morgan fingerprint density at radius 3 is 1.80 bits per heavy atom. The zero-order valence-electron chi connectivity index (χ0n) is 36.5. The van der Waals surface area contributed by atoms with Gasteiger partial charge in [0.05, 0.1) is 27.9 Å². The number of anilines is 4. The minimum atomic E-state index is -0.118. The first-order valence-corrected chi connectivity index (χ1v) is 22.5. The molecular formula is C60H44N4O.